The Morgan fingerprint density at radius 1 is 1.00 bits per heavy atom. The molecule has 1 rings (SSSR count). The Kier molecular flexibility index (Phi) is 4.39. The van der Waals surface area contributed by atoms with E-state index in [9.17, 15) is 4.79 Å². The van der Waals surface area contributed by atoms with Crippen LogP contribution in [0.5, 0.6) is 0 Å². The van der Waals surface area contributed by atoms with Crippen molar-refractivity contribution < 1.29 is 9.22 Å². The van der Waals surface area contributed by atoms with Gasteiger partial charge in [0, 0.05) is 5.69 Å². The first-order valence-electron chi connectivity index (χ1n) is 6.18. The van der Waals surface area contributed by atoms with Gasteiger partial charge in [0.15, 0.2) is 0 Å². The summed E-state index contributed by atoms with van der Waals surface area (Å²) >= 11 is 0. The average Bonchev–Trinajstić information content (AvgIpc) is 2.13. The van der Waals surface area contributed by atoms with Gasteiger partial charge in [0.1, 0.15) is 8.24 Å². The molecule has 0 unspecified atom stereocenters. The van der Waals surface area contributed by atoms with Gasteiger partial charge in [-0.05, 0) is 43.9 Å². The lowest BCUT2D eigenvalue weighted by molar-refractivity contribution is 0.0724. The van der Waals surface area contributed by atoms with Crippen LogP contribution in [-0.2, 0) is 4.43 Å². The zero-order chi connectivity index (χ0) is 14.0. The van der Waals surface area contributed by atoms with E-state index in [1.165, 1.54) is 0 Å². The Morgan fingerprint density at radius 3 is 1.89 bits per heavy atom. The van der Waals surface area contributed by atoms with Crippen LogP contribution in [-0.4, -0.2) is 22.5 Å². The number of carbonyl (C=O) groups is 1. The summed E-state index contributed by atoms with van der Waals surface area (Å²) in [7, 11) is -3.15. The van der Waals surface area contributed by atoms with Crippen molar-refractivity contribution in [3.63, 3.8) is 0 Å². The minimum absolute atomic E-state index is 0.214. The van der Waals surface area contributed by atoms with Gasteiger partial charge in [-0.15, -0.1) is 0 Å². The molecule has 0 aromatic heterocycles. The first kappa shape index (κ1) is 15.0. The second-order valence-corrected chi connectivity index (χ2v) is 15.6. The summed E-state index contributed by atoms with van der Waals surface area (Å²) < 4.78 is 5.45. The first-order valence-corrected chi connectivity index (χ1v) is 13.1. The van der Waals surface area contributed by atoms with Gasteiger partial charge in [-0.3, -0.25) is 0 Å². The predicted molar refractivity (Wildman–Crippen MR) is 82.2 cm³/mol. The Balaban J connectivity index is 2.74. The molecule has 0 fully saturated rings. The van der Waals surface area contributed by atoms with Gasteiger partial charge in [0.25, 0.3) is 0 Å². The fourth-order valence-electron chi connectivity index (χ4n) is 1.46. The molecule has 0 spiro atoms. The predicted octanol–water partition coefficient (Wildman–Crippen LogP) is 3.93. The summed E-state index contributed by atoms with van der Waals surface area (Å²) in [6.45, 7) is 12.7. The Bertz CT molecular complexity index is 416. The van der Waals surface area contributed by atoms with Gasteiger partial charge in [-0.2, -0.15) is 0 Å². The summed E-state index contributed by atoms with van der Waals surface area (Å²) in [6, 6.07) is 7.54. The van der Waals surface area contributed by atoms with Crippen molar-refractivity contribution in [2.45, 2.75) is 39.3 Å². The monoisotopic (exact) mass is 281 g/mol. The lowest BCUT2D eigenvalue weighted by Crippen LogP contribution is -2.32. The molecule has 0 aliphatic rings. The Hall–Kier alpha value is -1.08. The first-order chi connectivity index (χ1) is 8.07. The lowest BCUT2D eigenvalue weighted by atomic mass is 10.2. The topological polar surface area (TPSA) is 38.3 Å². The Labute approximate surface area is 112 Å². The molecule has 5 heteroatoms. The SMILES string of the molecule is C[Si](C)(C)Nc1ccc(C(=O)O[Si](C)(C)C)cc1. The van der Waals surface area contributed by atoms with Crippen molar-refractivity contribution in [2.24, 2.45) is 0 Å². The van der Waals surface area contributed by atoms with E-state index in [0.29, 0.717) is 5.56 Å². The van der Waals surface area contributed by atoms with Gasteiger partial charge in [0.2, 0.25) is 8.32 Å². The highest BCUT2D eigenvalue weighted by Gasteiger charge is 2.21. The van der Waals surface area contributed by atoms with E-state index in [4.69, 9.17) is 4.43 Å². The van der Waals surface area contributed by atoms with Crippen LogP contribution in [0, 0.1) is 0 Å². The summed E-state index contributed by atoms with van der Waals surface area (Å²) in [5.41, 5.74) is 1.69. The zero-order valence-electron chi connectivity index (χ0n) is 12.1. The molecule has 0 atom stereocenters. The molecule has 0 bridgehead atoms. The van der Waals surface area contributed by atoms with Gasteiger partial charge >= 0.3 is 5.97 Å². The van der Waals surface area contributed by atoms with Crippen molar-refractivity contribution in [1.82, 2.24) is 0 Å². The van der Waals surface area contributed by atoms with E-state index in [0.717, 1.165) is 5.69 Å². The Morgan fingerprint density at radius 2 is 1.50 bits per heavy atom. The molecule has 0 saturated carbocycles. The molecule has 0 saturated heterocycles. The number of rotatable bonds is 4. The molecule has 0 aliphatic heterocycles. The third kappa shape index (κ3) is 5.51. The van der Waals surface area contributed by atoms with E-state index >= 15 is 0 Å². The molecule has 0 amide bonds. The maximum atomic E-state index is 11.9. The standard InChI is InChI=1S/C13H23NO2Si2/c1-17(2,3)14-12-9-7-11(8-10-12)13(15)16-18(4,5)6/h7-10,14H,1-6H3. The molecule has 0 aliphatic carbocycles. The van der Waals surface area contributed by atoms with Crippen molar-refractivity contribution >= 4 is 28.2 Å². The number of benzene rings is 1. The molecular weight excluding hydrogens is 258 g/mol. The molecular formula is C13H23NO2Si2. The van der Waals surface area contributed by atoms with Crippen LogP contribution in [0.25, 0.3) is 0 Å². The number of hydrogen-bond donors (Lipinski definition) is 1. The van der Waals surface area contributed by atoms with Gasteiger partial charge in [-0.1, -0.05) is 19.6 Å². The van der Waals surface area contributed by atoms with E-state index in [2.05, 4.69) is 24.6 Å². The quantitative estimate of drug-likeness (QED) is 0.850. The number of anilines is 1. The van der Waals surface area contributed by atoms with Crippen molar-refractivity contribution in [1.29, 1.82) is 0 Å². The molecule has 1 aromatic rings. The third-order valence-electron chi connectivity index (χ3n) is 2.04. The fourth-order valence-corrected chi connectivity index (χ4v) is 3.17. The second kappa shape index (κ2) is 5.28. The lowest BCUT2D eigenvalue weighted by Gasteiger charge is -2.20. The average molecular weight is 282 g/mol. The van der Waals surface area contributed by atoms with Crippen LogP contribution < -0.4 is 4.98 Å². The summed E-state index contributed by atoms with van der Waals surface area (Å²) in [6.07, 6.45) is 0. The minimum Gasteiger partial charge on any atom is -0.516 e. The molecule has 1 aromatic carbocycles. The van der Waals surface area contributed by atoms with Crippen LogP contribution in [0.2, 0.25) is 39.3 Å². The van der Waals surface area contributed by atoms with E-state index in [-0.39, 0.29) is 5.97 Å². The van der Waals surface area contributed by atoms with Crippen LogP contribution in [0.3, 0.4) is 0 Å². The number of carbonyl (C=O) groups excluding carboxylic acids is 1. The molecule has 3 nitrogen and oxygen atoms in total. The van der Waals surface area contributed by atoms with Gasteiger partial charge in [-0.25, -0.2) is 4.79 Å². The van der Waals surface area contributed by atoms with Crippen molar-refractivity contribution in [3.8, 4) is 0 Å². The van der Waals surface area contributed by atoms with Crippen LogP contribution in [0.1, 0.15) is 10.4 Å². The van der Waals surface area contributed by atoms with Crippen LogP contribution in [0.4, 0.5) is 5.69 Å². The highest BCUT2D eigenvalue weighted by atomic mass is 28.4. The van der Waals surface area contributed by atoms with Crippen LogP contribution >= 0.6 is 0 Å². The molecule has 18 heavy (non-hydrogen) atoms. The third-order valence-corrected chi connectivity index (χ3v) is 3.88. The molecule has 0 radical (unpaired) electrons. The highest BCUT2D eigenvalue weighted by molar-refractivity contribution is 6.79. The highest BCUT2D eigenvalue weighted by Crippen LogP contribution is 2.15. The maximum absolute atomic E-state index is 11.9. The largest absolute Gasteiger partial charge is 0.516 e. The maximum Gasteiger partial charge on any atom is 0.324 e. The van der Waals surface area contributed by atoms with Crippen molar-refractivity contribution in [2.75, 3.05) is 4.98 Å². The normalized spacial score (nSPS) is 12.1. The number of hydrogen-bond acceptors (Lipinski definition) is 3. The molecule has 0 heterocycles. The summed E-state index contributed by atoms with van der Waals surface area (Å²) in [5, 5.41) is 0. The van der Waals surface area contributed by atoms with E-state index < -0.39 is 16.6 Å². The smallest absolute Gasteiger partial charge is 0.324 e. The summed E-state index contributed by atoms with van der Waals surface area (Å²) in [5.74, 6) is -0.214. The number of nitrogens with one attached hydrogen (secondary N) is 1. The summed E-state index contributed by atoms with van der Waals surface area (Å²) in [4.78, 5) is 15.3. The van der Waals surface area contributed by atoms with E-state index in [1.807, 2.05) is 43.9 Å². The second-order valence-electron chi connectivity index (χ2n) is 6.45. The zero-order valence-corrected chi connectivity index (χ0v) is 14.1. The van der Waals surface area contributed by atoms with Crippen molar-refractivity contribution in [3.05, 3.63) is 29.8 Å². The van der Waals surface area contributed by atoms with Gasteiger partial charge in [0.05, 0.1) is 5.56 Å². The van der Waals surface area contributed by atoms with Crippen LogP contribution in [0.15, 0.2) is 24.3 Å². The fraction of sp³-hybridized carbons (Fsp3) is 0.462. The minimum atomic E-state index is -1.81. The van der Waals surface area contributed by atoms with E-state index in [1.54, 1.807) is 0 Å². The van der Waals surface area contributed by atoms with Gasteiger partial charge < -0.3 is 9.41 Å². The molecule has 1 N–H and O–H groups in total. The molecule has 100 valence electrons.